The lowest BCUT2D eigenvalue weighted by Gasteiger charge is -2.28. The van der Waals surface area contributed by atoms with Gasteiger partial charge in [0.15, 0.2) is 0 Å². The third-order valence-electron chi connectivity index (χ3n) is 3.72. The summed E-state index contributed by atoms with van der Waals surface area (Å²) in [4.78, 5) is 11.9. The third-order valence-corrected chi connectivity index (χ3v) is 3.72. The topological polar surface area (TPSA) is 50.4 Å². The van der Waals surface area contributed by atoms with Gasteiger partial charge in [-0.15, -0.1) is 0 Å². The Morgan fingerprint density at radius 2 is 1.78 bits per heavy atom. The van der Waals surface area contributed by atoms with Crippen molar-refractivity contribution in [2.75, 3.05) is 0 Å². The zero-order valence-corrected chi connectivity index (χ0v) is 11.7. The summed E-state index contributed by atoms with van der Waals surface area (Å²) in [5.41, 5.74) is -0.481. The molecule has 102 valence electrons. The number of carbonyl (C=O) groups excluding carboxylic acids is 1. The summed E-state index contributed by atoms with van der Waals surface area (Å²) in [6.45, 7) is 8.19. The van der Waals surface area contributed by atoms with Gasteiger partial charge in [-0.2, -0.15) is 0 Å². The predicted molar refractivity (Wildman–Crippen MR) is 71.5 cm³/mol. The molecule has 0 aromatic heterocycles. The molecule has 1 heterocycles. The molecule has 2 N–H and O–H groups in total. The number of nitrogens with one attached hydrogen (secondary N) is 2. The standard InChI is InChI=1S/C14H24N2O2/c1-13(2)9-11(14(3,4)18-13)16-12(17)15-10-7-5-6-8-10/h5-6,10-11H,7-9H2,1-4H3,(H2,15,16,17)/t11-/m0/s1. The van der Waals surface area contributed by atoms with Gasteiger partial charge in [-0.05, 0) is 47.0 Å². The highest BCUT2D eigenvalue weighted by Crippen LogP contribution is 2.37. The van der Waals surface area contributed by atoms with Gasteiger partial charge >= 0.3 is 6.03 Å². The van der Waals surface area contributed by atoms with Crippen molar-refractivity contribution >= 4 is 6.03 Å². The van der Waals surface area contributed by atoms with Crippen LogP contribution in [0.3, 0.4) is 0 Å². The van der Waals surface area contributed by atoms with Crippen molar-refractivity contribution in [3.05, 3.63) is 12.2 Å². The van der Waals surface area contributed by atoms with Crippen molar-refractivity contribution in [2.45, 2.75) is 70.2 Å². The van der Waals surface area contributed by atoms with Crippen LogP contribution in [-0.2, 0) is 4.74 Å². The summed E-state index contributed by atoms with van der Waals surface area (Å²) in [5.74, 6) is 0. The molecule has 1 fully saturated rings. The van der Waals surface area contributed by atoms with Crippen molar-refractivity contribution in [3.63, 3.8) is 0 Å². The minimum atomic E-state index is -0.311. The normalized spacial score (nSPS) is 29.4. The van der Waals surface area contributed by atoms with Crippen LogP contribution in [0.15, 0.2) is 12.2 Å². The van der Waals surface area contributed by atoms with E-state index in [1.54, 1.807) is 0 Å². The average molecular weight is 252 g/mol. The maximum absolute atomic E-state index is 11.9. The summed E-state index contributed by atoms with van der Waals surface area (Å²) in [6, 6.07) is 0.230. The Morgan fingerprint density at radius 3 is 2.28 bits per heavy atom. The molecule has 1 aliphatic heterocycles. The lowest BCUT2D eigenvalue weighted by atomic mass is 9.95. The van der Waals surface area contributed by atoms with Crippen LogP contribution in [0.1, 0.15) is 47.0 Å². The molecule has 4 heteroatoms. The van der Waals surface area contributed by atoms with Gasteiger partial charge in [0, 0.05) is 6.04 Å². The van der Waals surface area contributed by atoms with Crippen LogP contribution in [0.5, 0.6) is 0 Å². The molecule has 2 rings (SSSR count). The number of carbonyl (C=O) groups is 1. The van der Waals surface area contributed by atoms with Crippen molar-refractivity contribution in [1.82, 2.24) is 10.6 Å². The monoisotopic (exact) mass is 252 g/mol. The van der Waals surface area contributed by atoms with Crippen LogP contribution >= 0.6 is 0 Å². The van der Waals surface area contributed by atoms with Gasteiger partial charge in [0.2, 0.25) is 0 Å². The summed E-state index contributed by atoms with van der Waals surface area (Å²) < 4.78 is 5.96. The summed E-state index contributed by atoms with van der Waals surface area (Å²) in [5, 5.41) is 6.05. The molecule has 0 radical (unpaired) electrons. The number of urea groups is 1. The molecule has 1 atom stereocenters. The Hall–Kier alpha value is -1.03. The van der Waals surface area contributed by atoms with Gasteiger partial charge in [-0.1, -0.05) is 12.2 Å². The van der Waals surface area contributed by atoms with Gasteiger partial charge in [0.05, 0.1) is 17.2 Å². The molecule has 1 aliphatic carbocycles. The van der Waals surface area contributed by atoms with Crippen LogP contribution in [-0.4, -0.2) is 29.3 Å². The van der Waals surface area contributed by atoms with Crippen molar-refractivity contribution < 1.29 is 9.53 Å². The molecular weight excluding hydrogens is 228 g/mol. The molecule has 2 amide bonds. The van der Waals surface area contributed by atoms with E-state index in [1.807, 2.05) is 13.8 Å². The van der Waals surface area contributed by atoms with E-state index in [2.05, 4.69) is 36.6 Å². The fraction of sp³-hybridized carbons (Fsp3) is 0.786. The second-order valence-corrected chi connectivity index (χ2v) is 6.48. The predicted octanol–water partition coefficient (Wildman–Crippen LogP) is 2.35. The average Bonchev–Trinajstić information content (AvgIpc) is 2.72. The minimum absolute atomic E-state index is 0.0573. The Balaban J connectivity index is 1.87. The van der Waals surface area contributed by atoms with E-state index in [4.69, 9.17) is 4.74 Å². The van der Waals surface area contributed by atoms with E-state index in [1.165, 1.54) is 0 Å². The van der Waals surface area contributed by atoms with Crippen LogP contribution in [0, 0.1) is 0 Å². The molecule has 0 bridgehead atoms. The summed E-state index contributed by atoms with van der Waals surface area (Å²) in [6.07, 6.45) is 6.93. The number of hydrogen-bond acceptors (Lipinski definition) is 2. The highest BCUT2D eigenvalue weighted by molar-refractivity contribution is 5.75. The molecule has 0 saturated carbocycles. The molecular formula is C14H24N2O2. The number of ether oxygens (including phenoxy) is 1. The van der Waals surface area contributed by atoms with Crippen LogP contribution in [0.2, 0.25) is 0 Å². The first-order valence-electron chi connectivity index (χ1n) is 6.71. The molecule has 4 nitrogen and oxygen atoms in total. The lowest BCUT2D eigenvalue weighted by Crippen LogP contribution is -2.51. The van der Waals surface area contributed by atoms with E-state index in [0.29, 0.717) is 0 Å². The number of hydrogen-bond donors (Lipinski definition) is 2. The van der Waals surface area contributed by atoms with Gasteiger partial charge in [-0.3, -0.25) is 0 Å². The Labute approximate surface area is 109 Å². The van der Waals surface area contributed by atoms with Gasteiger partial charge < -0.3 is 15.4 Å². The molecule has 0 aromatic rings. The Kier molecular flexibility index (Phi) is 3.41. The lowest BCUT2D eigenvalue weighted by molar-refractivity contribution is -0.0690. The van der Waals surface area contributed by atoms with Crippen molar-refractivity contribution in [2.24, 2.45) is 0 Å². The number of rotatable bonds is 2. The zero-order valence-electron chi connectivity index (χ0n) is 11.7. The van der Waals surface area contributed by atoms with Crippen LogP contribution in [0.4, 0.5) is 4.79 Å². The van der Waals surface area contributed by atoms with E-state index < -0.39 is 0 Å². The van der Waals surface area contributed by atoms with E-state index in [-0.39, 0.29) is 29.3 Å². The maximum atomic E-state index is 11.9. The quantitative estimate of drug-likeness (QED) is 0.741. The molecule has 0 spiro atoms. The first-order valence-corrected chi connectivity index (χ1v) is 6.71. The van der Waals surface area contributed by atoms with Gasteiger partial charge in [0.1, 0.15) is 0 Å². The molecule has 18 heavy (non-hydrogen) atoms. The van der Waals surface area contributed by atoms with E-state index in [9.17, 15) is 4.79 Å². The van der Waals surface area contributed by atoms with E-state index >= 15 is 0 Å². The molecule has 1 saturated heterocycles. The SMILES string of the molecule is CC1(C)C[C@H](NC(=O)NC2CC=CC2)C(C)(C)O1. The first-order chi connectivity index (χ1) is 8.28. The fourth-order valence-electron chi connectivity index (χ4n) is 2.91. The molecule has 2 aliphatic rings. The Morgan fingerprint density at radius 1 is 1.17 bits per heavy atom. The number of amides is 2. The highest BCUT2D eigenvalue weighted by Gasteiger charge is 2.46. The molecule has 0 unspecified atom stereocenters. The maximum Gasteiger partial charge on any atom is 0.315 e. The first kappa shape index (κ1) is 13.4. The van der Waals surface area contributed by atoms with Crippen molar-refractivity contribution in [3.8, 4) is 0 Å². The second kappa shape index (κ2) is 4.57. The minimum Gasteiger partial charge on any atom is -0.367 e. The Bertz CT molecular complexity index is 353. The van der Waals surface area contributed by atoms with Gasteiger partial charge in [-0.25, -0.2) is 4.79 Å². The zero-order chi connectivity index (χ0) is 13.4. The second-order valence-electron chi connectivity index (χ2n) is 6.48. The molecule has 0 aromatic carbocycles. The van der Waals surface area contributed by atoms with E-state index in [0.717, 1.165) is 19.3 Å². The van der Waals surface area contributed by atoms with Crippen LogP contribution in [0.25, 0.3) is 0 Å². The fourth-order valence-corrected chi connectivity index (χ4v) is 2.91. The largest absolute Gasteiger partial charge is 0.367 e. The summed E-state index contributed by atoms with van der Waals surface area (Å²) in [7, 11) is 0. The van der Waals surface area contributed by atoms with Crippen molar-refractivity contribution in [1.29, 1.82) is 0 Å². The smallest absolute Gasteiger partial charge is 0.315 e. The highest BCUT2D eigenvalue weighted by atomic mass is 16.5. The third kappa shape index (κ3) is 3.05. The van der Waals surface area contributed by atoms with Gasteiger partial charge in [0.25, 0.3) is 0 Å². The summed E-state index contributed by atoms with van der Waals surface area (Å²) >= 11 is 0. The van der Waals surface area contributed by atoms with Crippen LogP contribution < -0.4 is 10.6 Å².